The first-order chi connectivity index (χ1) is 11.3. The zero-order chi connectivity index (χ0) is 15.9. The van der Waals surface area contributed by atoms with Crippen LogP contribution in [-0.4, -0.2) is 26.9 Å². The molecule has 120 valence electrons. The van der Waals surface area contributed by atoms with E-state index in [4.69, 9.17) is 0 Å². The molecule has 0 atom stereocenters. The van der Waals surface area contributed by atoms with Gasteiger partial charge in [-0.3, -0.25) is 9.78 Å². The first kappa shape index (κ1) is 15.4. The van der Waals surface area contributed by atoms with Crippen molar-refractivity contribution in [1.82, 2.24) is 20.3 Å². The fourth-order valence-electron chi connectivity index (χ4n) is 2.75. The number of anilines is 1. The lowest BCUT2D eigenvalue weighted by molar-refractivity contribution is 0.0945. The number of aromatic nitrogens is 3. The van der Waals surface area contributed by atoms with Crippen LogP contribution in [0.1, 0.15) is 48.2 Å². The third-order valence-corrected chi connectivity index (χ3v) is 4.04. The van der Waals surface area contributed by atoms with Crippen molar-refractivity contribution >= 4 is 11.7 Å². The predicted molar refractivity (Wildman–Crippen MR) is 87.9 cm³/mol. The zero-order valence-electron chi connectivity index (χ0n) is 13.0. The summed E-state index contributed by atoms with van der Waals surface area (Å²) in [5.74, 6) is 0.515. The van der Waals surface area contributed by atoms with E-state index in [0.29, 0.717) is 18.3 Å². The van der Waals surface area contributed by atoms with E-state index < -0.39 is 0 Å². The molecule has 2 aromatic rings. The molecule has 0 radical (unpaired) electrons. The maximum atomic E-state index is 12.1. The Morgan fingerprint density at radius 1 is 1.09 bits per heavy atom. The van der Waals surface area contributed by atoms with E-state index >= 15 is 0 Å². The SMILES string of the molecule is O=C(NCc1ccncc1)c1cnc(NC2CCCCC2)cn1. The highest BCUT2D eigenvalue weighted by Gasteiger charge is 2.14. The second-order valence-corrected chi connectivity index (χ2v) is 5.80. The molecule has 2 aromatic heterocycles. The van der Waals surface area contributed by atoms with E-state index in [2.05, 4.69) is 25.6 Å². The summed E-state index contributed by atoms with van der Waals surface area (Å²) < 4.78 is 0. The van der Waals surface area contributed by atoms with Crippen LogP contribution in [0.2, 0.25) is 0 Å². The molecule has 1 fully saturated rings. The van der Waals surface area contributed by atoms with Crippen molar-refractivity contribution in [2.24, 2.45) is 0 Å². The van der Waals surface area contributed by atoms with E-state index in [0.717, 1.165) is 11.4 Å². The van der Waals surface area contributed by atoms with Gasteiger partial charge in [0.2, 0.25) is 0 Å². The summed E-state index contributed by atoms with van der Waals surface area (Å²) in [6.07, 6.45) is 12.8. The van der Waals surface area contributed by atoms with Crippen LogP contribution in [0.5, 0.6) is 0 Å². The second kappa shape index (κ2) is 7.67. The van der Waals surface area contributed by atoms with Gasteiger partial charge in [0.1, 0.15) is 11.5 Å². The number of rotatable bonds is 5. The third-order valence-electron chi connectivity index (χ3n) is 4.04. The number of hydrogen-bond acceptors (Lipinski definition) is 5. The molecule has 0 saturated heterocycles. The summed E-state index contributed by atoms with van der Waals surface area (Å²) in [5, 5.41) is 6.22. The molecular formula is C17H21N5O. The van der Waals surface area contributed by atoms with Crippen molar-refractivity contribution in [3.05, 3.63) is 48.2 Å². The molecule has 2 heterocycles. The smallest absolute Gasteiger partial charge is 0.271 e. The largest absolute Gasteiger partial charge is 0.366 e. The summed E-state index contributed by atoms with van der Waals surface area (Å²) >= 11 is 0. The number of nitrogens with one attached hydrogen (secondary N) is 2. The minimum absolute atomic E-state index is 0.224. The van der Waals surface area contributed by atoms with E-state index in [-0.39, 0.29) is 5.91 Å². The van der Waals surface area contributed by atoms with Crippen molar-refractivity contribution in [3.63, 3.8) is 0 Å². The molecule has 0 bridgehead atoms. The van der Waals surface area contributed by atoms with Crippen LogP contribution in [-0.2, 0) is 6.54 Å². The first-order valence-electron chi connectivity index (χ1n) is 8.07. The van der Waals surface area contributed by atoms with Gasteiger partial charge in [0, 0.05) is 25.0 Å². The lowest BCUT2D eigenvalue weighted by atomic mass is 9.96. The number of nitrogens with zero attached hydrogens (tertiary/aromatic N) is 3. The van der Waals surface area contributed by atoms with E-state index in [1.807, 2.05) is 12.1 Å². The van der Waals surface area contributed by atoms with Gasteiger partial charge in [0.25, 0.3) is 5.91 Å². The number of amides is 1. The Morgan fingerprint density at radius 3 is 2.57 bits per heavy atom. The minimum Gasteiger partial charge on any atom is -0.366 e. The zero-order valence-corrected chi connectivity index (χ0v) is 13.0. The highest BCUT2D eigenvalue weighted by atomic mass is 16.1. The van der Waals surface area contributed by atoms with Gasteiger partial charge in [-0.1, -0.05) is 19.3 Å². The van der Waals surface area contributed by atoms with Crippen LogP contribution in [0.3, 0.4) is 0 Å². The van der Waals surface area contributed by atoms with Crippen molar-refractivity contribution in [3.8, 4) is 0 Å². The molecule has 23 heavy (non-hydrogen) atoms. The quantitative estimate of drug-likeness (QED) is 0.887. The van der Waals surface area contributed by atoms with Gasteiger partial charge in [0.05, 0.1) is 12.4 Å². The number of hydrogen-bond donors (Lipinski definition) is 2. The average Bonchev–Trinajstić information content (AvgIpc) is 2.62. The van der Waals surface area contributed by atoms with Crippen molar-refractivity contribution in [2.45, 2.75) is 44.7 Å². The summed E-state index contributed by atoms with van der Waals surface area (Å²) in [6.45, 7) is 0.450. The second-order valence-electron chi connectivity index (χ2n) is 5.80. The lowest BCUT2D eigenvalue weighted by Crippen LogP contribution is -2.25. The topological polar surface area (TPSA) is 79.8 Å². The van der Waals surface area contributed by atoms with E-state index in [1.165, 1.54) is 38.3 Å². The first-order valence-corrected chi connectivity index (χ1v) is 8.07. The van der Waals surface area contributed by atoms with Gasteiger partial charge in [-0.05, 0) is 30.5 Å². The Morgan fingerprint density at radius 2 is 1.87 bits per heavy atom. The van der Waals surface area contributed by atoms with Gasteiger partial charge in [-0.15, -0.1) is 0 Å². The van der Waals surface area contributed by atoms with Crippen LogP contribution in [0.15, 0.2) is 36.9 Å². The van der Waals surface area contributed by atoms with Gasteiger partial charge >= 0.3 is 0 Å². The summed E-state index contributed by atoms with van der Waals surface area (Å²) in [7, 11) is 0. The van der Waals surface area contributed by atoms with Gasteiger partial charge in [0.15, 0.2) is 0 Å². The third kappa shape index (κ3) is 4.48. The molecule has 2 N–H and O–H groups in total. The Kier molecular flexibility index (Phi) is 5.13. The average molecular weight is 311 g/mol. The molecule has 6 nitrogen and oxygen atoms in total. The fourth-order valence-corrected chi connectivity index (χ4v) is 2.75. The molecule has 1 aliphatic carbocycles. The van der Waals surface area contributed by atoms with Gasteiger partial charge in [-0.25, -0.2) is 9.97 Å². The van der Waals surface area contributed by atoms with Crippen molar-refractivity contribution < 1.29 is 4.79 Å². The van der Waals surface area contributed by atoms with Crippen LogP contribution in [0.25, 0.3) is 0 Å². The van der Waals surface area contributed by atoms with Gasteiger partial charge < -0.3 is 10.6 Å². The Bertz CT molecular complexity index is 623. The minimum atomic E-state index is -0.224. The maximum Gasteiger partial charge on any atom is 0.271 e. The summed E-state index contributed by atoms with van der Waals surface area (Å²) in [5.41, 5.74) is 1.32. The molecule has 1 saturated carbocycles. The number of carbonyl (C=O) groups excluding carboxylic acids is 1. The Labute approximate surface area is 135 Å². The van der Waals surface area contributed by atoms with Crippen molar-refractivity contribution in [2.75, 3.05) is 5.32 Å². The van der Waals surface area contributed by atoms with Crippen molar-refractivity contribution in [1.29, 1.82) is 0 Å². The van der Waals surface area contributed by atoms with E-state index in [1.54, 1.807) is 18.6 Å². The lowest BCUT2D eigenvalue weighted by Gasteiger charge is -2.23. The molecule has 1 aliphatic rings. The van der Waals surface area contributed by atoms with E-state index in [9.17, 15) is 4.79 Å². The van der Waals surface area contributed by atoms with Crippen LogP contribution in [0.4, 0.5) is 5.82 Å². The highest BCUT2D eigenvalue weighted by molar-refractivity contribution is 5.91. The predicted octanol–water partition coefficient (Wildman–Crippen LogP) is 2.55. The van der Waals surface area contributed by atoms with Crippen LogP contribution < -0.4 is 10.6 Å². The molecule has 3 rings (SSSR count). The van der Waals surface area contributed by atoms with Gasteiger partial charge in [-0.2, -0.15) is 0 Å². The van der Waals surface area contributed by atoms with Crippen LogP contribution >= 0.6 is 0 Å². The molecule has 0 spiro atoms. The Hall–Kier alpha value is -2.50. The molecule has 0 aliphatic heterocycles. The molecule has 1 amide bonds. The Balaban J connectivity index is 1.52. The maximum absolute atomic E-state index is 12.1. The standard InChI is InChI=1S/C17H21N5O/c23-17(21-10-13-6-8-18-9-7-13)15-11-20-16(12-19-15)22-14-4-2-1-3-5-14/h6-9,11-12,14H,1-5,10H2,(H,20,22)(H,21,23). The highest BCUT2D eigenvalue weighted by Crippen LogP contribution is 2.20. The molecule has 6 heteroatoms. The summed E-state index contributed by atoms with van der Waals surface area (Å²) in [6, 6.07) is 4.20. The number of pyridine rings is 1. The number of carbonyl (C=O) groups is 1. The molecular weight excluding hydrogens is 290 g/mol. The molecule has 0 unspecified atom stereocenters. The van der Waals surface area contributed by atoms with Crippen LogP contribution in [0, 0.1) is 0 Å². The molecule has 0 aromatic carbocycles. The summed E-state index contributed by atoms with van der Waals surface area (Å²) in [4.78, 5) is 24.5. The monoisotopic (exact) mass is 311 g/mol. The fraction of sp³-hybridized carbons (Fsp3) is 0.412. The normalized spacial score (nSPS) is 15.1.